The van der Waals surface area contributed by atoms with Gasteiger partial charge in [0.25, 0.3) is 0 Å². The molecule has 5 rings (SSSR count). The Morgan fingerprint density at radius 3 is 2.78 bits per heavy atom. The Kier molecular flexibility index (Phi) is 5.19. The minimum Gasteiger partial charge on any atom is -0.507 e. The molecule has 3 aliphatic heterocycles. The summed E-state index contributed by atoms with van der Waals surface area (Å²) in [6.45, 7) is 3.77. The lowest BCUT2D eigenvalue weighted by Crippen LogP contribution is -2.57. The van der Waals surface area contributed by atoms with E-state index in [1.165, 1.54) is 20.5 Å². The summed E-state index contributed by atoms with van der Waals surface area (Å²) in [4.78, 5) is 28.8. The third kappa shape index (κ3) is 3.04. The molecule has 1 saturated carbocycles. The molecule has 4 aliphatic rings. The molecular weight excluding hydrogens is 408 g/mol. The quantitative estimate of drug-likeness (QED) is 0.412. The molecule has 2 saturated heterocycles. The van der Waals surface area contributed by atoms with Crippen molar-refractivity contribution in [2.24, 2.45) is 11.8 Å². The predicted molar refractivity (Wildman–Crippen MR) is 120 cm³/mol. The number of esters is 1. The van der Waals surface area contributed by atoms with Gasteiger partial charge in [-0.25, -0.2) is 4.79 Å². The highest BCUT2D eigenvalue weighted by Gasteiger charge is 2.60. The number of nitrogens with zero attached hydrogens (tertiary/aromatic N) is 1. The summed E-state index contributed by atoms with van der Waals surface area (Å²) in [5, 5.41) is 14.5. The Bertz CT molecular complexity index is 985. The molecule has 3 heterocycles. The van der Waals surface area contributed by atoms with Gasteiger partial charge in [-0.05, 0) is 55.1 Å². The number of hydrogen-bond acceptors (Lipinski definition) is 7. The van der Waals surface area contributed by atoms with E-state index in [1.54, 1.807) is 0 Å². The van der Waals surface area contributed by atoms with Crippen molar-refractivity contribution < 1.29 is 24.2 Å². The third-order valence-corrected chi connectivity index (χ3v) is 8.12. The minimum absolute atomic E-state index is 0.0102. The number of Topliss-reactive ketones (excluding diaryl/α,β-unsaturated/α-hetero) is 1. The van der Waals surface area contributed by atoms with E-state index in [2.05, 4.69) is 17.1 Å². The third-order valence-electron chi connectivity index (χ3n) is 8.12. The van der Waals surface area contributed by atoms with Gasteiger partial charge in [0.05, 0.1) is 31.6 Å². The molecule has 1 spiro atoms. The molecule has 4 atom stereocenters. The van der Waals surface area contributed by atoms with Crippen LogP contribution in [-0.2, 0) is 14.3 Å². The zero-order valence-corrected chi connectivity index (χ0v) is 19.0. The van der Waals surface area contributed by atoms with E-state index in [4.69, 9.17) is 9.47 Å². The summed E-state index contributed by atoms with van der Waals surface area (Å²) in [6.07, 6.45) is 5.91. The lowest BCUT2D eigenvalue weighted by Gasteiger charge is -2.45. The highest BCUT2D eigenvalue weighted by molar-refractivity contribution is 6.16. The normalized spacial score (nSPS) is 31.9. The molecular formula is C25H32N2O5. The Morgan fingerprint density at radius 2 is 2.12 bits per heavy atom. The van der Waals surface area contributed by atoms with Gasteiger partial charge in [-0.15, -0.1) is 0 Å². The van der Waals surface area contributed by atoms with Crippen molar-refractivity contribution in [3.05, 3.63) is 35.1 Å². The SMILES string of the molecule is CC[C@@H]1CN2CC[C@]3(Nc4ccc(C5CC5)c(O)c4C3=O)[C@@H]2C[C@@H]1/C(=C\OC)C(=O)OC. The van der Waals surface area contributed by atoms with Gasteiger partial charge in [0, 0.05) is 24.8 Å². The number of rotatable bonds is 5. The second-order valence-corrected chi connectivity index (χ2v) is 9.70. The summed E-state index contributed by atoms with van der Waals surface area (Å²) in [7, 11) is 2.92. The number of hydrogen-bond donors (Lipinski definition) is 2. The van der Waals surface area contributed by atoms with E-state index >= 15 is 0 Å². The molecule has 32 heavy (non-hydrogen) atoms. The number of anilines is 1. The Morgan fingerprint density at radius 1 is 1.34 bits per heavy atom. The van der Waals surface area contributed by atoms with Gasteiger partial charge in [0.2, 0.25) is 0 Å². The van der Waals surface area contributed by atoms with Crippen LogP contribution in [0.3, 0.4) is 0 Å². The van der Waals surface area contributed by atoms with E-state index in [-0.39, 0.29) is 35.4 Å². The number of nitrogens with one attached hydrogen (secondary N) is 1. The van der Waals surface area contributed by atoms with E-state index in [0.717, 1.165) is 43.6 Å². The first kappa shape index (κ1) is 21.3. The Labute approximate surface area is 188 Å². The van der Waals surface area contributed by atoms with E-state index in [1.807, 2.05) is 12.1 Å². The van der Waals surface area contributed by atoms with Crippen LogP contribution in [0.1, 0.15) is 60.9 Å². The summed E-state index contributed by atoms with van der Waals surface area (Å²) in [6, 6.07) is 3.85. The van der Waals surface area contributed by atoms with Gasteiger partial charge in [-0.3, -0.25) is 9.69 Å². The highest BCUT2D eigenvalue weighted by atomic mass is 16.5. The van der Waals surface area contributed by atoms with Crippen molar-refractivity contribution in [1.82, 2.24) is 4.90 Å². The fraction of sp³-hybridized carbons (Fsp3) is 0.600. The first-order chi connectivity index (χ1) is 15.4. The molecule has 0 amide bonds. The molecule has 0 unspecified atom stereocenters. The van der Waals surface area contributed by atoms with Gasteiger partial charge in [-0.2, -0.15) is 0 Å². The number of piperidine rings is 1. The summed E-state index contributed by atoms with van der Waals surface area (Å²) in [5.41, 5.74) is 1.84. The van der Waals surface area contributed by atoms with Crippen molar-refractivity contribution in [3.8, 4) is 5.75 Å². The maximum Gasteiger partial charge on any atom is 0.337 e. The minimum atomic E-state index is -0.771. The van der Waals surface area contributed by atoms with Crippen LogP contribution in [0.15, 0.2) is 24.0 Å². The van der Waals surface area contributed by atoms with Crippen molar-refractivity contribution in [2.75, 3.05) is 32.6 Å². The zero-order chi connectivity index (χ0) is 22.6. The standard InChI is InChI=1S/C25H32N2O5/c1-4-14-12-27-10-9-25(20(27)11-17(14)18(13-31-2)24(30)32-3)23(29)21-19(26-25)8-7-16(22(21)28)15-5-6-15/h7-8,13-15,17,20,26,28H,4-6,9-12H2,1-3H3/b18-13+/t14-,17+,20+,25+/m1/s1. The molecule has 0 radical (unpaired) electrons. The summed E-state index contributed by atoms with van der Waals surface area (Å²) in [5.74, 6) is 0.357. The fourth-order valence-corrected chi connectivity index (χ4v) is 6.31. The summed E-state index contributed by atoms with van der Waals surface area (Å²) < 4.78 is 10.3. The van der Waals surface area contributed by atoms with Gasteiger partial charge in [-0.1, -0.05) is 19.4 Å². The van der Waals surface area contributed by atoms with Crippen LogP contribution in [0.2, 0.25) is 0 Å². The van der Waals surface area contributed by atoms with Gasteiger partial charge < -0.3 is 19.9 Å². The lowest BCUT2D eigenvalue weighted by atomic mass is 9.72. The molecule has 1 aliphatic carbocycles. The number of carbonyl (C=O) groups is 2. The maximum atomic E-state index is 13.9. The maximum absolute atomic E-state index is 13.9. The molecule has 2 N–H and O–H groups in total. The lowest BCUT2D eigenvalue weighted by molar-refractivity contribution is -0.137. The predicted octanol–water partition coefficient (Wildman–Crippen LogP) is 3.44. The molecule has 7 heteroatoms. The number of fused-ring (bicyclic) bond motifs is 3. The number of aromatic hydroxyl groups is 1. The average Bonchev–Trinajstić information content (AvgIpc) is 3.52. The number of phenols is 1. The number of phenolic OH excluding ortho intramolecular Hbond substituents is 1. The molecule has 1 aromatic rings. The average molecular weight is 441 g/mol. The van der Waals surface area contributed by atoms with Gasteiger partial charge in [0.15, 0.2) is 5.78 Å². The first-order valence-electron chi connectivity index (χ1n) is 11.7. The molecule has 0 bridgehead atoms. The van der Waals surface area contributed by atoms with Crippen LogP contribution in [-0.4, -0.2) is 60.6 Å². The number of carbonyl (C=O) groups excluding carboxylic acids is 2. The molecule has 7 nitrogen and oxygen atoms in total. The van der Waals surface area contributed by atoms with Crippen molar-refractivity contribution in [3.63, 3.8) is 0 Å². The van der Waals surface area contributed by atoms with Crippen molar-refractivity contribution in [1.29, 1.82) is 0 Å². The first-order valence-corrected chi connectivity index (χ1v) is 11.7. The number of methoxy groups -OCH3 is 2. The monoisotopic (exact) mass is 440 g/mol. The van der Waals surface area contributed by atoms with Crippen molar-refractivity contribution in [2.45, 2.75) is 56.5 Å². The molecule has 1 aromatic carbocycles. The largest absolute Gasteiger partial charge is 0.507 e. The fourth-order valence-electron chi connectivity index (χ4n) is 6.31. The van der Waals surface area contributed by atoms with Crippen LogP contribution < -0.4 is 5.32 Å². The molecule has 3 fully saturated rings. The molecule has 0 aromatic heterocycles. The van der Waals surface area contributed by atoms with Gasteiger partial charge in [0.1, 0.15) is 11.3 Å². The number of benzene rings is 1. The van der Waals surface area contributed by atoms with Crippen LogP contribution in [0.4, 0.5) is 5.69 Å². The van der Waals surface area contributed by atoms with E-state index < -0.39 is 5.54 Å². The van der Waals surface area contributed by atoms with Crippen LogP contribution in [0.5, 0.6) is 5.75 Å². The second kappa shape index (κ2) is 7.80. The number of ketones is 1. The molecule has 172 valence electrons. The van der Waals surface area contributed by atoms with Crippen LogP contribution in [0.25, 0.3) is 0 Å². The smallest absolute Gasteiger partial charge is 0.337 e. The van der Waals surface area contributed by atoms with E-state index in [0.29, 0.717) is 29.9 Å². The Balaban J connectivity index is 1.50. The highest BCUT2D eigenvalue weighted by Crippen LogP contribution is 2.53. The second-order valence-electron chi connectivity index (χ2n) is 9.70. The topological polar surface area (TPSA) is 88.1 Å². The van der Waals surface area contributed by atoms with E-state index in [9.17, 15) is 14.7 Å². The van der Waals surface area contributed by atoms with Gasteiger partial charge >= 0.3 is 5.97 Å². The zero-order valence-electron chi connectivity index (χ0n) is 19.0. The van der Waals surface area contributed by atoms with Crippen LogP contribution >= 0.6 is 0 Å². The van der Waals surface area contributed by atoms with Crippen molar-refractivity contribution >= 4 is 17.4 Å². The van der Waals surface area contributed by atoms with Crippen LogP contribution in [0, 0.1) is 11.8 Å². The number of ether oxygens (including phenoxy) is 2. The summed E-state index contributed by atoms with van der Waals surface area (Å²) >= 11 is 0. The Hall–Kier alpha value is -2.54.